The summed E-state index contributed by atoms with van der Waals surface area (Å²) >= 11 is 5.45. The van der Waals surface area contributed by atoms with Crippen molar-refractivity contribution in [3.63, 3.8) is 0 Å². The zero-order valence-electron chi connectivity index (χ0n) is 10.4. The molecule has 0 aliphatic carbocycles. The molecule has 4 nitrogen and oxygen atoms in total. The molecule has 0 bridgehead atoms. The number of alkyl halides is 1. The van der Waals surface area contributed by atoms with Crippen LogP contribution in [-0.2, 0) is 10.1 Å². The molecule has 6 heteroatoms. The number of methoxy groups -OCH3 is 2. The normalized spacial score (nSPS) is 10.1. The number of esters is 1. The van der Waals surface area contributed by atoms with Crippen LogP contribution in [0.25, 0.3) is 0 Å². The minimum Gasteiger partial charge on any atom is -0.495 e. The lowest BCUT2D eigenvalue weighted by Crippen LogP contribution is -2.11. The highest BCUT2D eigenvalue weighted by molar-refractivity contribution is 14.1. The molecule has 0 unspecified atom stereocenters. The highest BCUT2D eigenvalue weighted by atomic mass is 127. The number of carbonyl (C=O) groups is 1. The molecule has 0 radical (unpaired) electrons. The van der Waals surface area contributed by atoms with E-state index >= 15 is 0 Å². The van der Waals surface area contributed by atoms with Crippen LogP contribution >= 0.6 is 38.5 Å². The third-order valence-corrected chi connectivity index (χ3v) is 3.94. The minimum absolute atomic E-state index is 0.326. The number of hydrogen-bond acceptors (Lipinski definition) is 4. The van der Waals surface area contributed by atoms with Crippen LogP contribution in [0.5, 0.6) is 11.5 Å². The van der Waals surface area contributed by atoms with E-state index in [4.69, 9.17) is 14.2 Å². The molecule has 0 fully saturated rings. The number of halogens is 2. The molecule has 0 heterocycles. The zero-order valence-corrected chi connectivity index (χ0v) is 14.1. The summed E-state index contributed by atoms with van der Waals surface area (Å²) in [5, 5.41) is 0.519. The predicted molar refractivity (Wildman–Crippen MR) is 80.9 cm³/mol. The van der Waals surface area contributed by atoms with Gasteiger partial charge in [-0.15, -0.1) is 0 Å². The first-order chi connectivity index (χ1) is 8.60. The zero-order chi connectivity index (χ0) is 13.7. The van der Waals surface area contributed by atoms with Gasteiger partial charge in [0.25, 0.3) is 0 Å². The molecule has 0 saturated carbocycles. The van der Waals surface area contributed by atoms with Crippen molar-refractivity contribution in [2.75, 3.05) is 20.8 Å². The highest BCUT2D eigenvalue weighted by Crippen LogP contribution is 2.37. The quantitative estimate of drug-likeness (QED) is 0.409. The molecule has 0 aromatic heterocycles. The van der Waals surface area contributed by atoms with E-state index in [9.17, 15) is 4.79 Å². The fraction of sp³-hybridized carbons (Fsp3) is 0.417. The average Bonchev–Trinajstić information content (AvgIpc) is 2.38. The monoisotopic (exact) mass is 428 g/mol. The maximum Gasteiger partial charge on any atom is 0.342 e. The third kappa shape index (κ3) is 3.09. The van der Waals surface area contributed by atoms with Crippen LogP contribution < -0.4 is 9.47 Å². The van der Waals surface area contributed by atoms with Gasteiger partial charge >= 0.3 is 5.97 Å². The molecular formula is C12H14BrIO4. The Labute approximate surface area is 128 Å². The molecule has 18 heavy (non-hydrogen) atoms. The number of carbonyl (C=O) groups excluding carboxylic acids is 1. The third-order valence-electron chi connectivity index (χ3n) is 2.32. The van der Waals surface area contributed by atoms with E-state index in [-0.39, 0.29) is 5.97 Å². The topological polar surface area (TPSA) is 44.8 Å². The Morgan fingerprint density at radius 2 is 2.06 bits per heavy atom. The molecular weight excluding hydrogens is 415 g/mol. The van der Waals surface area contributed by atoms with Gasteiger partial charge in [0.05, 0.1) is 24.4 Å². The molecule has 0 amide bonds. The van der Waals surface area contributed by atoms with E-state index in [1.54, 1.807) is 14.0 Å². The van der Waals surface area contributed by atoms with Crippen LogP contribution in [0.4, 0.5) is 0 Å². The molecule has 0 atom stereocenters. The summed E-state index contributed by atoms with van der Waals surface area (Å²) < 4.78 is 16.4. The fourth-order valence-corrected chi connectivity index (χ4v) is 2.84. The van der Waals surface area contributed by atoms with E-state index in [0.29, 0.717) is 29.0 Å². The fourth-order valence-electron chi connectivity index (χ4n) is 1.53. The first kappa shape index (κ1) is 15.6. The van der Waals surface area contributed by atoms with Crippen LogP contribution in [-0.4, -0.2) is 26.8 Å². The number of rotatable bonds is 5. The van der Waals surface area contributed by atoms with Crippen molar-refractivity contribution >= 4 is 44.5 Å². The summed E-state index contributed by atoms with van der Waals surface area (Å²) in [6.07, 6.45) is 0. The Bertz CT molecular complexity index is 448. The summed E-state index contributed by atoms with van der Waals surface area (Å²) in [4.78, 5) is 12.0. The van der Waals surface area contributed by atoms with Gasteiger partial charge in [-0.3, -0.25) is 0 Å². The van der Waals surface area contributed by atoms with E-state index in [2.05, 4.69) is 38.5 Å². The lowest BCUT2D eigenvalue weighted by molar-refractivity contribution is 0.0521. The van der Waals surface area contributed by atoms with Crippen LogP contribution in [0.3, 0.4) is 0 Å². The standard InChI is InChI=1S/C12H14BrIO4/c1-4-18-12(15)9-7(6-13)5-8(16-2)10(14)11(9)17-3/h5H,4,6H2,1-3H3. The highest BCUT2D eigenvalue weighted by Gasteiger charge is 2.23. The summed E-state index contributed by atoms with van der Waals surface area (Å²) in [5.74, 6) is 0.780. The van der Waals surface area contributed by atoms with E-state index in [1.165, 1.54) is 7.11 Å². The second-order valence-electron chi connectivity index (χ2n) is 3.31. The molecule has 0 saturated heterocycles. The Hall–Kier alpha value is -0.500. The minimum atomic E-state index is -0.385. The van der Waals surface area contributed by atoms with Crippen molar-refractivity contribution < 1.29 is 19.0 Å². The molecule has 0 aliphatic rings. The van der Waals surface area contributed by atoms with Crippen LogP contribution in [0.2, 0.25) is 0 Å². The Kier molecular flexibility index (Phi) is 6.20. The summed E-state index contributed by atoms with van der Waals surface area (Å²) in [6, 6.07) is 1.81. The van der Waals surface area contributed by atoms with Gasteiger partial charge < -0.3 is 14.2 Å². The molecule has 1 rings (SSSR count). The first-order valence-corrected chi connectivity index (χ1v) is 7.47. The first-order valence-electron chi connectivity index (χ1n) is 5.27. The van der Waals surface area contributed by atoms with E-state index in [1.807, 2.05) is 6.07 Å². The van der Waals surface area contributed by atoms with Crippen molar-refractivity contribution in [2.24, 2.45) is 0 Å². The predicted octanol–water partition coefficient (Wildman–Crippen LogP) is 3.38. The summed E-state index contributed by atoms with van der Waals surface area (Å²) in [5.41, 5.74) is 1.23. The number of ether oxygens (including phenoxy) is 3. The van der Waals surface area contributed by atoms with Crippen LogP contribution in [0.1, 0.15) is 22.8 Å². The van der Waals surface area contributed by atoms with Gasteiger partial charge in [-0.05, 0) is 41.1 Å². The van der Waals surface area contributed by atoms with Gasteiger partial charge in [-0.1, -0.05) is 15.9 Å². The maximum absolute atomic E-state index is 12.0. The molecule has 1 aromatic carbocycles. The Morgan fingerprint density at radius 3 is 2.50 bits per heavy atom. The summed E-state index contributed by atoms with van der Waals surface area (Å²) in [6.45, 7) is 2.10. The number of benzene rings is 1. The SMILES string of the molecule is CCOC(=O)c1c(CBr)cc(OC)c(I)c1OC. The van der Waals surface area contributed by atoms with Gasteiger partial charge in [0.1, 0.15) is 11.3 Å². The van der Waals surface area contributed by atoms with Crippen molar-refractivity contribution in [1.82, 2.24) is 0 Å². The van der Waals surface area contributed by atoms with E-state index < -0.39 is 0 Å². The van der Waals surface area contributed by atoms with Crippen LogP contribution in [0, 0.1) is 3.57 Å². The average molecular weight is 429 g/mol. The number of hydrogen-bond donors (Lipinski definition) is 0. The van der Waals surface area contributed by atoms with Crippen molar-refractivity contribution in [2.45, 2.75) is 12.3 Å². The van der Waals surface area contributed by atoms with Crippen molar-refractivity contribution in [3.05, 3.63) is 20.8 Å². The summed E-state index contributed by atoms with van der Waals surface area (Å²) in [7, 11) is 3.11. The largest absolute Gasteiger partial charge is 0.495 e. The van der Waals surface area contributed by atoms with Crippen molar-refractivity contribution in [3.8, 4) is 11.5 Å². The second-order valence-corrected chi connectivity index (χ2v) is 4.95. The molecule has 100 valence electrons. The van der Waals surface area contributed by atoms with Gasteiger partial charge in [0.2, 0.25) is 0 Å². The van der Waals surface area contributed by atoms with Crippen molar-refractivity contribution in [1.29, 1.82) is 0 Å². The Morgan fingerprint density at radius 1 is 1.39 bits per heavy atom. The van der Waals surface area contributed by atoms with E-state index in [0.717, 1.165) is 9.13 Å². The lowest BCUT2D eigenvalue weighted by Gasteiger charge is -2.16. The van der Waals surface area contributed by atoms with Gasteiger partial charge in [0.15, 0.2) is 5.75 Å². The van der Waals surface area contributed by atoms with Gasteiger partial charge in [0, 0.05) is 5.33 Å². The smallest absolute Gasteiger partial charge is 0.342 e. The van der Waals surface area contributed by atoms with Gasteiger partial charge in [-0.25, -0.2) is 4.79 Å². The Balaban J connectivity index is 3.46. The molecule has 0 aliphatic heterocycles. The van der Waals surface area contributed by atoms with Crippen LogP contribution in [0.15, 0.2) is 6.07 Å². The molecule has 0 spiro atoms. The lowest BCUT2D eigenvalue weighted by atomic mass is 10.1. The van der Waals surface area contributed by atoms with Gasteiger partial charge in [-0.2, -0.15) is 0 Å². The second kappa shape index (κ2) is 7.18. The molecule has 1 aromatic rings. The maximum atomic E-state index is 12.0. The molecule has 0 N–H and O–H groups in total.